The average molecular weight is 464 g/mol. The molecule has 2 aromatic carbocycles. The topological polar surface area (TPSA) is 70.7 Å². The SMILES string of the molecule is COc1ccc(CCNC(=O)C(=O)NCC(c2cccs2)N2CCc3ccccc3C2)cc1. The van der Waals surface area contributed by atoms with E-state index in [0.29, 0.717) is 19.5 Å². The van der Waals surface area contributed by atoms with Gasteiger partial charge >= 0.3 is 11.8 Å². The van der Waals surface area contributed by atoms with Crippen LogP contribution in [0.3, 0.4) is 0 Å². The van der Waals surface area contributed by atoms with Gasteiger partial charge in [-0.1, -0.05) is 42.5 Å². The van der Waals surface area contributed by atoms with Crippen molar-refractivity contribution in [3.63, 3.8) is 0 Å². The van der Waals surface area contributed by atoms with Crippen molar-refractivity contribution < 1.29 is 14.3 Å². The summed E-state index contributed by atoms with van der Waals surface area (Å²) in [7, 11) is 1.63. The van der Waals surface area contributed by atoms with Crippen LogP contribution in [0.15, 0.2) is 66.0 Å². The molecule has 1 aliphatic heterocycles. The first-order chi connectivity index (χ1) is 16.1. The smallest absolute Gasteiger partial charge is 0.309 e. The van der Waals surface area contributed by atoms with Gasteiger partial charge in [0.1, 0.15) is 5.75 Å². The molecule has 3 aromatic rings. The van der Waals surface area contributed by atoms with Gasteiger partial charge in [0.25, 0.3) is 0 Å². The van der Waals surface area contributed by atoms with Gasteiger partial charge in [-0.2, -0.15) is 0 Å². The highest BCUT2D eigenvalue weighted by atomic mass is 32.1. The molecule has 2 heterocycles. The number of thiophene rings is 1. The molecule has 0 fully saturated rings. The van der Waals surface area contributed by atoms with E-state index < -0.39 is 11.8 Å². The van der Waals surface area contributed by atoms with Crippen LogP contribution >= 0.6 is 11.3 Å². The number of nitrogens with zero attached hydrogens (tertiary/aromatic N) is 1. The second-order valence-corrected chi connectivity index (χ2v) is 9.06. The molecule has 0 radical (unpaired) electrons. The van der Waals surface area contributed by atoms with E-state index in [2.05, 4.69) is 45.9 Å². The number of rotatable bonds is 8. The molecule has 1 aliphatic rings. The minimum Gasteiger partial charge on any atom is -0.497 e. The molecule has 33 heavy (non-hydrogen) atoms. The van der Waals surface area contributed by atoms with Gasteiger partial charge in [-0.3, -0.25) is 14.5 Å². The number of hydrogen-bond acceptors (Lipinski definition) is 5. The number of ether oxygens (including phenoxy) is 1. The van der Waals surface area contributed by atoms with E-state index in [1.165, 1.54) is 16.0 Å². The first-order valence-electron chi connectivity index (χ1n) is 11.2. The predicted molar refractivity (Wildman–Crippen MR) is 130 cm³/mol. The second kappa shape index (κ2) is 11.1. The van der Waals surface area contributed by atoms with Crippen LogP contribution in [0, 0.1) is 0 Å². The van der Waals surface area contributed by atoms with Crippen molar-refractivity contribution in [1.82, 2.24) is 15.5 Å². The molecular formula is C26H29N3O3S. The van der Waals surface area contributed by atoms with E-state index in [9.17, 15) is 9.59 Å². The van der Waals surface area contributed by atoms with Crippen LogP contribution in [0.2, 0.25) is 0 Å². The molecule has 2 amide bonds. The highest BCUT2D eigenvalue weighted by Gasteiger charge is 2.26. The molecule has 4 rings (SSSR count). The summed E-state index contributed by atoms with van der Waals surface area (Å²) < 4.78 is 5.15. The molecule has 0 aliphatic carbocycles. The fourth-order valence-electron chi connectivity index (χ4n) is 4.14. The summed E-state index contributed by atoms with van der Waals surface area (Å²) in [5.41, 5.74) is 3.78. The minimum atomic E-state index is -0.600. The van der Waals surface area contributed by atoms with Gasteiger partial charge in [0, 0.05) is 31.1 Å². The standard InChI is InChI=1S/C26H29N3O3S/c1-32-22-10-8-19(9-11-22)12-14-27-25(30)26(31)28-17-23(24-7-4-16-33-24)29-15-13-20-5-2-3-6-21(20)18-29/h2-11,16,23H,12-15,17-18H2,1H3,(H,27,30)(H,28,31). The molecule has 2 N–H and O–H groups in total. The lowest BCUT2D eigenvalue weighted by Gasteiger charge is -2.35. The van der Waals surface area contributed by atoms with E-state index in [1.807, 2.05) is 35.7 Å². The zero-order valence-corrected chi connectivity index (χ0v) is 19.6. The van der Waals surface area contributed by atoms with Crippen LogP contribution in [0.25, 0.3) is 0 Å². The summed E-state index contributed by atoms with van der Waals surface area (Å²) in [5.74, 6) is -0.402. The summed E-state index contributed by atoms with van der Waals surface area (Å²) in [6.07, 6.45) is 1.63. The zero-order chi connectivity index (χ0) is 23.0. The Hall–Kier alpha value is -3.16. The van der Waals surface area contributed by atoms with Crippen LogP contribution in [0.5, 0.6) is 5.75 Å². The van der Waals surface area contributed by atoms with Crippen LogP contribution in [0.4, 0.5) is 0 Å². The number of benzene rings is 2. The maximum atomic E-state index is 12.5. The van der Waals surface area contributed by atoms with Crippen LogP contribution in [0.1, 0.15) is 27.6 Å². The van der Waals surface area contributed by atoms with Crippen LogP contribution < -0.4 is 15.4 Å². The molecule has 7 heteroatoms. The predicted octanol–water partition coefficient (Wildman–Crippen LogP) is 3.33. The van der Waals surface area contributed by atoms with Gasteiger partial charge in [-0.05, 0) is 53.1 Å². The molecule has 0 saturated heterocycles. The molecule has 172 valence electrons. The third-order valence-corrected chi connectivity index (χ3v) is 6.97. The summed E-state index contributed by atoms with van der Waals surface area (Å²) >= 11 is 1.68. The monoisotopic (exact) mass is 463 g/mol. The zero-order valence-electron chi connectivity index (χ0n) is 18.8. The number of hydrogen-bond donors (Lipinski definition) is 2. The Morgan fingerprint density at radius 3 is 2.48 bits per heavy atom. The molecule has 1 atom stereocenters. The normalized spacial score (nSPS) is 14.2. The summed E-state index contributed by atoms with van der Waals surface area (Å²) in [4.78, 5) is 28.4. The number of methoxy groups -OCH3 is 1. The Morgan fingerprint density at radius 1 is 1.00 bits per heavy atom. The maximum Gasteiger partial charge on any atom is 0.309 e. The largest absolute Gasteiger partial charge is 0.497 e. The fraction of sp³-hybridized carbons (Fsp3) is 0.308. The third-order valence-electron chi connectivity index (χ3n) is 5.99. The Bertz CT molecular complexity index is 1070. The Labute approximate surface area is 198 Å². The van der Waals surface area contributed by atoms with E-state index in [-0.39, 0.29) is 6.04 Å². The number of amides is 2. The van der Waals surface area contributed by atoms with Gasteiger partial charge in [-0.15, -0.1) is 11.3 Å². The molecular weight excluding hydrogens is 434 g/mol. The van der Waals surface area contributed by atoms with Crippen molar-refractivity contribution in [2.24, 2.45) is 0 Å². The van der Waals surface area contributed by atoms with Gasteiger partial charge in [-0.25, -0.2) is 0 Å². The second-order valence-electron chi connectivity index (χ2n) is 8.08. The Morgan fingerprint density at radius 2 is 1.76 bits per heavy atom. The minimum absolute atomic E-state index is 0.0365. The molecule has 0 saturated carbocycles. The van der Waals surface area contributed by atoms with Gasteiger partial charge < -0.3 is 15.4 Å². The Kier molecular flexibility index (Phi) is 7.75. The van der Waals surface area contributed by atoms with Crippen molar-refractivity contribution in [1.29, 1.82) is 0 Å². The first-order valence-corrected chi connectivity index (χ1v) is 12.0. The van der Waals surface area contributed by atoms with Crippen molar-refractivity contribution in [2.45, 2.75) is 25.4 Å². The van der Waals surface area contributed by atoms with Crippen molar-refractivity contribution in [2.75, 3.05) is 26.7 Å². The van der Waals surface area contributed by atoms with Gasteiger partial charge in [0.2, 0.25) is 0 Å². The van der Waals surface area contributed by atoms with Gasteiger partial charge in [0.15, 0.2) is 0 Å². The number of fused-ring (bicyclic) bond motifs is 1. The number of carbonyl (C=O) groups excluding carboxylic acids is 2. The lowest BCUT2D eigenvalue weighted by Crippen LogP contribution is -2.45. The average Bonchev–Trinajstić information content (AvgIpc) is 3.39. The highest BCUT2D eigenvalue weighted by molar-refractivity contribution is 7.10. The van der Waals surface area contributed by atoms with Gasteiger partial charge in [0.05, 0.1) is 13.2 Å². The molecule has 6 nitrogen and oxygen atoms in total. The van der Waals surface area contributed by atoms with Crippen LogP contribution in [-0.2, 0) is 29.0 Å². The fourth-order valence-corrected chi connectivity index (χ4v) is 5.00. The summed E-state index contributed by atoms with van der Waals surface area (Å²) in [6, 6.07) is 20.3. The summed E-state index contributed by atoms with van der Waals surface area (Å²) in [5, 5.41) is 7.62. The molecule has 1 aromatic heterocycles. The van der Waals surface area contributed by atoms with Crippen molar-refractivity contribution >= 4 is 23.2 Å². The van der Waals surface area contributed by atoms with E-state index in [0.717, 1.165) is 30.8 Å². The Balaban J connectivity index is 1.30. The van der Waals surface area contributed by atoms with Crippen molar-refractivity contribution in [3.8, 4) is 5.75 Å². The highest BCUT2D eigenvalue weighted by Crippen LogP contribution is 2.30. The lowest BCUT2D eigenvalue weighted by atomic mass is 9.98. The lowest BCUT2D eigenvalue weighted by molar-refractivity contribution is -0.139. The number of carbonyl (C=O) groups is 2. The molecule has 0 bridgehead atoms. The third kappa shape index (κ3) is 6.00. The summed E-state index contributed by atoms with van der Waals surface area (Å²) in [6.45, 7) is 2.55. The van der Waals surface area contributed by atoms with E-state index in [4.69, 9.17) is 4.74 Å². The maximum absolute atomic E-state index is 12.5. The number of nitrogens with one attached hydrogen (secondary N) is 2. The van der Waals surface area contributed by atoms with Crippen LogP contribution in [-0.4, -0.2) is 43.5 Å². The first kappa shape index (κ1) is 23.0. The molecule has 0 spiro atoms. The van der Waals surface area contributed by atoms with E-state index >= 15 is 0 Å². The van der Waals surface area contributed by atoms with E-state index in [1.54, 1.807) is 18.4 Å². The quantitative estimate of drug-likeness (QED) is 0.503. The van der Waals surface area contributed by atoms with Crippen molar-refractivity contribution in [3.05, 3.63) is 87.6 Å². The molecule has 1 unspecified atom stereocenters.